The molecule has 2 saturated heterocycles. The summed E-state index contributed by atoms with van der Waals surface area (Å²) in [7, 11) is 0. The average Bonchev–Trinajstić information content (AvgIpc) is 2.79. The summed E-state index contributed by atoms with van der Waals surface area (Å²) in [6.07, 6.45) is 9.62. The predicted octanol–water partition coefficient (Wildman–Crippen LogP) is 1.73. The van der Waals surface area contributed by atoms with Crippen molar-refractivity contribution >= 4 is 5.91 Å². The van der Waals surface area contributed by atoms with Gasteiger partial charge in [0.1, 0.15) is 0 Å². The van der Waals surface area contributed by atoms with Crippen LogP contribution in [0.5, 0.6) is 0 Å². The fourth-order valence-electron chi connectivity index (χ4n) is 3.40. The molecule has 2 aliphatic heterocycles. The molecule has 2 fully saturated rings. The Morgan fingerprint density at radius 1 is 1.37 bits per heavy atom. The summed E-state index contributed by atoms with van der Waals surface area (Å²) >= 11 is 0. The zero-order chi connectivity index (χ0) is 13.1. The lowest BCUT2D eigenvalue weighted by Crippen LogP contribution is -2.39. The summed E-state index contributed by atoms with van der Waals surface area (Å²) in [5.74, 6) is 0.762. The highest BCUT2D eigenvalue weighted by molar-refractivity contribution is 5.93. The quantitative estimate of drug-likeness (QED) is 0.866. The van der Waals surface area contributed by atoms with E-state index in [4.69, 9.17) is 0 Å². The minimum atomic E-state index is -0.00925. The Hall–Kier alpha value is -1.42. The van der Waals surface area contributed by atoms with Crippen LogP contribution in [0.15, 0.2) is 24.5 Å². The molecule has 2 atom stereocenters. The van der Waals surface area contributed by atoms with Crippen molar-refractivity contribution in [1.82, 2.24) is 15.6 Å². The van der Waals surface area contributed by atoms with Crippen molar-refractivity contribution in [3.8, 4) is 0 Å². The fraction of sp³-hybridized carbons (Fsp3) is 0.600. The number of hydrogen-bond acceptors (Lipinski definition) is 3. The van der Waals surface area contributed by atoms with Crippen molar-refractivity contribution in [2.24, 2.45) is 5.92 Å². The first-order valence-electron chi connectivity index (χ1n) is 7.25. The summed E-state index contributed by atoms with van der Waals surface area (Å²) in [6.45, 7) is 0.776. The van der Waals surface area contributed by atoms with Gasteiger partial charge in [-0.2, -0.15) is 0 Å². The Bertz CT molecular complexity index is 422. The maximum Gasteiger partial charge on any atom is 0.252 e. The van der Waals surface area contributed by atoms with Crippen molar-refractivity contribution < 1.29 is 4.79 Å². The normalized spacial score (nSPS) is 29.2. The van der Waals surface area contributed by atoms with E-state index in [0.29, 0.717) is 5.56 Å². The van der Waals surface area contributed by atoms with Gasteiger partial charge < -0.3 is 10.6 Å². The van der Waals surface area contributed by atoms with Crippen LogP contribution in [0, 0.1) is 5.92 Å². The lowest BCUT2D eigenvalue weighted by molar-refractivity contribution is 0.0949. The Balaban J connectivity index is 1.42. The van der Waals surface area contributed by atoms with Crippen LogP contribution in [0.25, 0.3) is 0 Å². The van der Waals surface area contributed by atoms with Crippen molar-refractivity contribution in [2.75, 3.05) is 6.54 Å². The second kappa shape index (κ2) is 5.70. The van der Waals surface area contributed by atoms with Crippen LogP contribution in [0.3, 0.4) is 0 Å². The SMILES string of the molecule is O=C(NCCC1CC2CCC(C1)N2)c1cccnc1. The van der Waals surface area contributed by atoms with Crippen molar-refractivity contribution in [3.63, 3.8) is 0 Å². The molecule has 0 saturated carbocycles. The maximum atomic E-state index is 11.9. The molecular weight excluding hydrogens is 238 g/mol. The molecule has 2 bridgehead atoms. The van der Waals surface area contributed by atoms with Crippen LogP contribution < -0.4 is 10.6 Å². The van der Waals surface area contributed by atoms with Crippen LogP contribution in [0.2, 0.25) is 0 Å². The average molecular weight is 259 g/mol. The molecule has 1 amide bonds. The van der Waals surface area contributed by atoms with E-state index in [1.165, 1.54) is 25.7 Å². The van der Waals surface area contributed by atoms with Crippen LogP contribution in [-0.4, -0.2) is 29.5 Å². The van der Waals surface area contributed by atoms with Crippen molar-refractivity contribution in [2.45, 2.75) is 44.2 Å². The third-order valence-corrected chi connectivity index (χ3v) is 4.33. The first-order valence-corrected chi connectivity index (χ1v) is 7.25. The number of piperidine rings is 1. The second-order valence-corrected chi connectivity index (χ2v) is 5.76. The Morgan fingerprint density at radius 3 is 2.84 bits per heavy atom. The molecular formula is C15H21N3O. The third-order valence-electron chi connectivity index (χ3n) is 4.33. The second-order valence-electron chi connectivity index (χ2n) is 5.76. The molecule has 0 aliphatic carbocycles. The molecule has 0 aromatic carbocycles. The fourth-order valence-corrected chi connectivity index (χ4v) is 3.40. The van der Waals surface area contributed by atoms with Gasteiger partial charge in [0.2, 0.25) is 0 Å². The number of fused-ring (bicyclic) bond motifs is 2. The standard InChI is InChI=1S/C15H21N3O/c19-15(12-2-1-6-16-10-12)17-7-5-11-8-13-3-4-14(9-11)18-13/h1-2,6,10-11,13-14,18H,3-5,7-9H2,(H,17,19). The number of aromatic nitrogens is 1. The zero-order valence-corrected chi connectivity index (χ0v) is 11.1. The largest absolute Gasteiger partial charge is 0.352 e. The lowest BCUT2D eigenvalue weighted by atomic mass is 9.90. The summed E-state index contributed by atoms with van der Waals surface area (Å²) in [4.78, 5) is 15.8. The van der Waals surface area contributed by atoms with Gasteiger partial charge in [-0.15, -0.1) is 0 Å². The Morgan fingerprint density at radius 2 is 2.16 bits per heavy atom. The van der Waals surface area contributed by atoms with E-state index in [1.54, 1.807) is 24.5 Å². The van der Waals surface area contributed by atoms with E-state index >= 15 is 0 Å². The topological polar surface area (TPSA) is 54.0 Å². The van der Waals surface area contributed by atoms with Gasteiger partial charge in [0, 0.05) is 31.0 Å². The Labute approximate surface area is 114 Å². The van der Waals surface area contributed by atoms with Crippen LogP contribution in [0.1, 0.15) is 42.5 Å². The number of nitrogens with zero attached hydrogens (tertiary/aromatic N) is 1. The highest BCUT2D eigenvalue weighted by Gasteiger charge is 2.32. The van der Waals surface area contributed by atoms with Crippen LogP contribution in [0.4, 0.5) is 0 Å². The van der Waals surface area contributed by atoms with Crippen LogP contribution in [-0.2, 0) is 0 Å². The number of hydrogen-bond donors (Lipinski definition) is 2. The molecule has 2 N–H and O–H groups in total. The van der Waals surface area contributed by atoms with Gasteiger partial charge in [-0.3, -0.25) is 9.78 Å². The van der Waals surface area contributed by atoms with Gasteiger partial charge >= 0.3 is 0 Å². The van der Waals surface area contributed by atoms with E-state index < -0.39 is 0 Å². The van der Waals surface area contributed by atoms with E-state index in [9.17, 15) is 4.79 Å². The number of carbonyl (C=O) groups is 1. The summed E-state index contributed by atoms with van der Waals surface area (Å²) in [5.41, 5.74) is 0.646. The molecule has 0 radical (unpaired) electrons. The molecule has 2 aliphatic rings. The molecule has 2 unspecified atom stereocenters. The van der Waals surface area contributed by atoms with Gasteiger partial charge in [0.15, 0.2) is 0 Å². The van der Waals surface area contributed by atoms with Gasteiger partial charge in [0.05, 0.1) is 5.56 Å². The van der Waals surface area contributed by atoms with Crippen molar-refractivity contribution in [1.29, 1.82) is 0 Å². The summed E-state index contributed by atoms with van der Waals surface area (Å²) < 4.78 is 0. The minimum Gasteiger partial charge on any atom is -0.352 e. The highest BCUT2D eigenvalue weighted by atomic mass is 16.1. The minimum absolute atomic E-state index is 0.00925. The van der Waals surface area contributed by atoms with Gasteiger partial charge in [-0.05, 0) is 50.2 Å². The lowest BCUT2D eigenvalue weighted by Gasteiger charge is -2.29. The predicted molar refractivity (Wildman–Crippen MR) is 73.9 cm³/mol. The third kappa shape index (κ3) is 3.13. The number of carbonyl (C=O) groups excluding carboxylic acids is 1. The molecule has 3 rings (SSSR count). The van der Waals surface area contributed by atoms with E-state index in [-0.39, 0.29) is 5.91 Å². The molecule has 1 aromatic heterocycles. The molecule has 0 spiro atoms. The molecule has 102 valence electrons. The van der Waals surface area contributed by atoms with Crippen LogP contribution >= 0.6 is 0 Å². The Kier molecular flexibility index (Phi) is 3.78. The number of pyridine rings is 1. The van der Waals surface area contributed by atoms with Gasteiger partial charge in [-0.1, -0.05) is 0 Å². The molecule has 19 heavy (non-hydrogen) atoms. The number of amides is 1. The van der Waals surface area contributed by atoms with Gasteiger partial charge in [-0.25, -0.2) is 0 Å². The monoisotopic (exact) mass is 259 g/mol. The summed E-state index contributed by atoms with van der Waals surface area (Å²) in [5, 5.41) is 6.65. The first-order chi connectivity index (χ1) is 9.31. The molecule has 1 aromatic rings. The maximum absolute atomic E-state index is 11.9. The number of rotatable bonds is 4. The van der Waals surface area contributed by atoms with E-state index in [1.807, 2.05) is 0 Å². The number of nitrogens with one attached hydrogen (secondary N) is 2. The zero-order valence-electron chi connectivity index (χ0n) is 11.1. The summed E-state index contributed by atoms with van der Waals surface area (Å²) in [6, 6.07) is 5.06. The smallest absolute Gasteiger partial charge is 0.252 e. The first kappa shape index (κ1) is 12.6. The van der Waals surface area contributed by atoms with Crippen molar-refractivity contribution in [3.05, 3.63) is 30.1 Å². The molecule has 4 heteroatoms. The highest BCUT2D eigenvalue weighted by Crippen LogP contribution is 2.32. The van der Waals surface area contributed by atoms with E-state index in [2.05, 4.69) is 15.6 Å². The van der Waals surface area contributed by atoms with E-state index in [0.717, 1.165) is 31.0 Å². The molecule has 4 nitrogen and oxygen atoms in total. The van der Waals surface area contributed by atoms with Gasteiger partial charge in [0.25, 0.3) is 5.91 Å². The molecule has 3 heterocycles.